The van der Waals surface area contributed by atoms with Crippen molar-refractivity contribution < 1.29 is 39.2 Å². The van der Waals surface area contributed by atoms with Gasteiger partial charge in [-0.25, -0.2) is 4.79 Å². The molecule has 5 aromatic rings. The second kappa shape index (κ2) is 20.4. The van der Waals surface area contributed by atoms with Crippen LogP contribution in [0.25, 0.3) is 20.9 Å². The second-order valence-corrected chi connectivity index (χ2v) is 17.8. The van der Waals surface area contributed by atoms with Crippen molar-refractivity contribution in [3.63, 3.8) is 0 Å². The van der Waals surface area contributed by atoms with E-state index in [9.17, 15) is 29.7 Å². The average Bonchev–Trinajstić information content (AvgIpc) is 3.76. The Hall–Kier alpha value is -4.88. The fraction of sp³-hybridized carbons (Fsp3) is 0.447. The standard InChI is InChI=1S/C47H57N3O8S/c1-47(2,3)58-46(56)49-28-38(45(55)50-35-19-18-34-27-48-23-22-32(34)24-35)31-16-14-30(15-17-31)29-57-44(54)13-7-5-4-6-11-36-37(41(53)26-40(36)52)20-21-39(51)43-25-33-10-8-9-12-42(33)59-43/h8-10,12,14-19,22-25,27,36-41,51-53H,4-7,11,13,20-21,26,28-29H2,1-3H3,(H,49,56)(H,50,55)/t36?,37?,38?,39-,40?,41?/m1/s1. The first-order valence-corrected chi connectivity index (χ1v) is 21.5. The molecule has 2 amide bonds. The minimum Gasteiger partial charge on any atom is -0.461 e. The Balaban J connectivity index is 0.924. The predicted molar refractivity (Wildman–Crippen MR) is 231 cm³/mol. The van der Waals surface area contributed by atoms with E-state index in [-0.39, 0.29) is 36.9 Å². The van der Waals surface area contributed by atoms with E-state index in [0.717, 1.165) is 57.0 Å². The van der Waals surface area contributed by atoms with Crippen molar-refractivity contribution in [3.8, 4) is 0 Å². The van der Waals surface area contributed by atoms with E-state index < -0.39 is 35.9 Å². The van der Waals surface area contributed by atoms with Crippen molar-refractivity contribution >= 4 is 55.9 Å². The van der Waals surface area contributed by atoms with Gasteiger partial charge in [-0.15, -0.1) is 11.3 Å². The third kappa shape index (κ3) is 12.6. The minimum absolute atomic E-state index is 0.00831. The highest BCUT2D eigenvalue weighted by molar-refractivity contribution is 7.19. The van der Waals surface area contributed by atoms with Gasteiger partial charge in [0.2, 0.25) is 5.91 Å². The topological polar surface area (TPSA) is 167 Å². The average molecular weight is 824 g/mol. The molecule has 12 heteroatoms. The van der Waals surface area contributed by atoms with Gasteiger partial charge in [-0.2, -0.15) is 0 Å². The van der Waals surface area contributed by atoms with E-state index in [1.165, 1.54) is 0 Å². The summed E-state index contributed by atoms with van der Waals surface area (Å²) >= 11 is 1.60. The quantitative estimate of drug-likeness (QED) is 0.0428. The van der Waals surface area contributed by atoms with Crippen LogP contribution in [0.5, 0.6) is 0 Å². The summed E-state index contributed by atoms with van der Waals surface area (Å²) in [7, 11) is 0. The lowest BCUT2D eigenvalue weighted by Crippen LogP contribution is -2.37. The molecule has 6 atom stereocenters. The number of aliphatic hydroxyl groups excluding tert-OH is 3. The number of aliphatic hydroxyl groups is 3. The predicted octanol–water partition coefficient (Wildman–Crippen LogP) is 8.95. The fourth-order valence-corrected chi connectivity index (χ4v) is 9.06. The summed E-state index contributed by atoms with van der Waals surface area (Å²) in [6.45, 7) is 5.42. The summed E-state index contributed by atoms with van der Waals surface area (Å²) < 4.78 is 12.1. The van der Waals surface area contributed by atoms with Crippen LogP contribution in [-0.4, -0.2) is 62.6 Å². The molecule has 59 heavy (non-hydrogen) atoms. The summed E-state index contributed by atoms with van der Waals surface area (Å²) in [6, 6.07) is 24.8. The van der Waals surface area contributed by atoms with Gasteiger partial charge in [0.25, 0.3) is 0 Å². The molecule has 314 valence electrons. The normalized spacial score (nSPS) is 19.0. The zero-order valence-corrected chi connectivity index (χ0v) is 35.0. The molecule has 2 aromatic heterocycles. The van der Waals surface area contributed by atoms with Crippen molar-refractivity contribution in [2.45, 2.75) is 115 Å². The van der Waals surface area contributed by atoms with E-state index in [1.54, 1.807) is 56.6 Å². The third-order valence-electron chi connectivity index (χ3n) is 11.1. The molecule has 6 rings (SSSR count). The number of thiophene rings is 1. The maximum absolute atomic E-state index is 13.6. The molecule has 5 unspecified atom stereocenters. The SMILES string of the molecule is CC(C)(C)OC(=O)NCC(C(=O)Nc1ccc2cnccc2c1)c1ccc(COC(=O)CCCCCCC2C(O)CC(O)C2CC[C@@H](O)c2cc3ccccc3s2)cc1. The summed E-state index contributed by atoms with van der Waals surface area (Å²) in [4.78, 5) is 43.8. The van der Waals surface area contributed by atoms with Crippen LogP contribution in [0.2, 0.25) is 0 Å². The monoisotopic (exact) mass is 823 g/mol. The molecule has 3 aromatic carbocycles. The third-order valence-corrected chi connectivity index (χ3v) is 12.3. The number of pyridine rings is 1. The number of nitrogens with one attached hydrogen (secondary N) is 2. The molecule has 2 heterocycles. The summed E-state index contributed by atoms with van der Waals surface area (Å²) in [5.41, 5.74) is 1.37. The summed E-state index contributed by atoms with van der Waals surface area (Å²) in [5, 5.41) is 41.1. The Morgan fingerprint density at radius 2 is 1.61 bits per heavy atom. The van der Waals surface area contributed by atoms with Crippen LogP contribution in [-0.2, 0) is 25.7 Å². The lowest BCUT2D eigenvalue weighted by atomic mass is 9.84. The van der Waals surface area contributed by atoms with E-state index in [0.29, 0.717) is 43.4 Å². The Labute approximate surface area is 350 Å². The van der Waals surface area contributed by atoms with E-state index in [4.69, 9.17) is 9.47 Å². The summed E-state index contributed by atoms with van der Waals surface area (Å²) in [5.74, 6) is -1.38. The number of hydrogen-bond donors (Lipinski definition) is 5. The Morgan fingerprint density at radius 1 is 0.864 bits per heavy atom. The van der Waals surface area contributed by atoms with Crippen LogP contribution in [0.15, 0.2) is 91.3 Å². The van der Waals surface area contributed by atoms with Crippen LogP contribution in [0, 0.1) is 11.8 Å². The number of ether oxygens (including phenoxy) is 2. The van der Waals surface area contributed by atoms with Gasteiger partial charge in [0.1, 0.15) is 12.2 Å². The number of carbonyl (C=O) groups is 3. The molecule has 0 spiro atoms. The molecule has 0 aliphatic heterocycles. The minimum atomic E-state index is -0.731. The number of nitrogens with zero attached hydrogens (tertiary/aromatic N) is 1. The first kappa shape index (κ1) is 43.7. The highest BCUT2D eigenvalue weighted by Gasteiger charge is 2.41. The highest BCUT2D eigenvalue weighted by Crippen LogP contribution is 2.41. The number of alkyl carbamates (subject to hydrolysis) is 1. The molecule has 1 fully saturated rings. The molecule has 11 nitrogen and oxygen atoms in total. The molecule has 1 aliphatic carbocycles. The number of carbonyl (C=O) groups excluding carboxylic acids is 3. The van der Waals surface area contributed by atoms with Gasteiger partial charge < -0.3 is 35.4 Å². The fourth-order valence-electron chi connectivity index (χ4n) is 7.98. The van der Waals surface area contributed by atoms with Crippen molar-refractivity contribution in [2.24, 2.45) is 11.8 Å². The lowest BCUT2D eigenvalue weighted by Gasteiger charge is -2.24. The van der Waals surface area contributed by atoms with Gasteiger partial charge >= 0.3 is 12.1 Å². The molecule has 1 aliphatic rings. The number of anilines is 1. The molecule has 1 saturated carbocycles. The first-order valence-electron chi connectivity index (χ1n) is 20.7. The van der Waals surface area contributed by atoms with Gasteiger partial charge in [0.05, 0.1) is 24.2 Å². The number of unbranched alkanes of at least 4 members (excludes halogenated alkanes) is 3. The van der Waals surface area contributed by atoms with Gasteiger partial charge in [0.15, 0.2) is 0 Å². The molecule has 5 N–H and O–H groups in total. The molecule has 0 radical (unpaired) electrons. The number of esters is 1. The maximum atomic E-state index is 13.6. The van der Waals surface area contributed by atoms with E-state index in [1.807, 2.05) is 60.7 Å². The smallest absolute Gasteiger partial charge is 0.407 e. The van der Waals surface area contributed by atoms with Crippen LogP contribution in [0.4, 0.5) is 10.5 Å². The number of fused-ring (bicyclic) bond motifs is 2. The van der Waals surface area contributed by atoms with Crippen molar-refractivity contribution in [2.75, 3.05) is 11.9 Å². The van der Waals surface area contributed by atoms with Crippen molar-refractivity contribution in [1.29, 1.82) is 0 Å². The maximum Gasteiger partial charge on any atom is 0.407 e. The number of benzene rings is 3. The molecular weight excluding hydrogens is 767 g/mol. The van der Waals surface area contributed by atoms with Crippen LogP contribution in [0.1, 0.15) is 107 Å². The largest absolute Gasteiger partial charge is 0.461 e. The Bertz CT molecular complexity index is 2130. The Morgan fingerprint density at radius 3 is 2.37 bits per heavy atom. The number of aromatic nitrogens is 1. The second-order valence-electron chi connectivity index (χ2n) is 16.7. The number of rotatable bonds is 18. The Kier molecular flexibility index (Phi) is 15.1. The molecule has 0 saturated heterocycles. The van der Waals surface area contributed by atoms with Crippen LogP contribution in [0.3, 0.4) is 0 Å². The van der Waals surface area contributed by atoms with E-state index in [2.05, 4.69) is 21.7 Å². The van der Waals surface area contributed by atoms with Crippen molar-refractivity contribution in [1.82, 2.24) is 10.3 Å². The van der Waals surface area contributed by atoms with Crippen molar-refractivity contribution in [3.05, 3.63) is 107 Å². The van der Waals surface area contributed by atoms with Gasteiger partial charge in [-0.05, 0) is 117 Å². The van der Waals surface area contributed by atoms with E-state index >= 15 is 0 Å². The highest BCUT2D eigenvalue weighted by atomic mass is 32.1. The zero-order chi connectivity index (χ0) is 41.9. The number of hydrogen-bond acceptors (Lipinski definition) is 10. The van der Waals surface area contributed by atoms with Gasteiger partial charge in [0, 0.05) is 46.0 Å². The van der Waals surface area contributed by atoms with Crippen LogP contribution >= 0.6 is 11.3 Å². The van der Waals surface area contributed by atoms with Gasteiger partial charge in [-0.1, -0.05) is 67.8 Å². The number of amides is 2. The first-order chi connectivity index (χ1) is 28.3. The molecular formula is C47H57N3O8S. The molecule has 0 bridgehead atoms. The van der Waals surface area contributed by atoms with Gasteiger partial charge in [-0.3, -0.25) is 14.6 Å². The summed E-state index contributed by atoms with van der Waals surface area (Å²) in [6.07, 6.45) is 7.09. The lowest BCUT2D eigenvalue weighted by molar-refractivity contribution is -0.145. The van der Waals surface area contributed by atoms with Crippen LogP contribution < -0.4 is 10.6 Å². The zero-order valence-electron chi connectivity index (χ0n) is 34.1.